The average Bonchev–Trinajstić information content (AvgIpc) is 2.41. The van der Waals surface area contributed by atoms with Gasteiger partial charge in [-0.1, -0.05) is 0 Å². The Hall–Kier alpha value is -8.41. The molecule has 8 heterocycles. The summed E-state index contributed by atoms with van der Waals surface area (Å²) in [7, 11) is 2.65. The van der Waals surface area contributed by atoms with Crippen LogP contribution in [0.1, 0.15) is 116 Å². The van der Waals surface area contributed by atoms with Gasteiger partial charge in [-0.25, -0.2) is 43.9 Å². The van der Waals surface area contributed by atoms with Gasteiger partial charge in [0.25, 0.3) is 5.91 Å². The normalized spacial score (nSPS) is 17.5. The van der Waals surface area contributed by atoms with Gasteiger partial charge in [0.1, 0.15) is 39.8 Å². The van der Waals surface area contributed by atoms with Crippen molar-refractivity contribution in [3.8, 4) is 0 Å². The minimum atomic E-state index is -1.04. The molecule has 4 aliphatic heterocycles. The fourth-order valence-electron chi connectivity index (χ4n) is 8.64. The molecule has 5 amide bonds. The van der Waals surface area contributed by atoms with Gasteiger partial charge in [-0.2, -0.15) is 0 Å². The van der Waals surface area contributed by atoms with Crippen molar-refractivity contribution in [2.45, 2.75) is 96.9 Å². The van der Waals surface area contributed by atoms with E-state index in [-0.39, 0.29) is 77.4 Å². The van der Waals surface area contributed by atoms with Crippen molar-refractivity contribution in [1.29, 1.82) is 0 Å². The Bertz CT molecular complexity index is 3040. The van der Waals surface area contributed by atoms with Gasteiger partial charge in [-0.05, 0) is 119 Å². The van der Waals surface area contributed by atoms with E-state index in [0.29, 0.717) is 83.7 Å². The van der Waals surface area contributed by atoms with Crippen LogP contribution in [0.3, 0.4) is 0 Å². The number of imide groups is 1. The number of carboxylic acid groups (broad SMARTS) is 1. The summed E-state index contributed by atoms with van der Waals surface area (Å²) < 4.78 is 20.7. The van der Waals surface area contributed by atoms with Crippen LogP contribution in [0.2, 0.25) is 0 Å². The average molecular weight is 1330 g/mol. The molecule has 4 aromatic heterocycles. The second kappa shape index (κ2) is 35.0. The van der Waals surface area contributed by atoms with Crippen molar-refractivity contribution in [2.24, 2.45) is 5.73 Å². The van der Waals surface area contributed by atoms with Crippen LogP contribution in [0.25, 0.3) is 0 Å². The van der Waals surface area contributed by atoms with E-state index >= 15 is 0 Å². The van der Waals surface area contributed by atoms with Gasteiger partial charge in [0, 0.05) is 102 Å². The van der Waals surface area contributed by atoms with Crippen molar-refractivity contribution in [1.82, 2.24) is 45.7 Å². The number of carboxylic acids is 1. The number of halogens is 2. The molecule has 6 N–H and O–H groups in total. The number of piperidine rings is 1. The number of ether oxygens (including phenoxy) is 4. The van der Waals surface area contributed by atoms with Crippen molar-refractivity contribution in [2.75, 3.05) is 107 Å². The van der Waals surface area contributed by atoms with Crippen LogP contribution in [-0.4, -0.2) is 210 Å². The number of hydrogen-bond donors (Lipinski definition) is 5. The molecule has 1 aliphatic carbocycles. The van der Waals surface area contributed by atoms with Gasteiger partial charge >= 0.3 is 30.1 Å². The number of esters is 2. The molecule has 484 valence electrons. The summed E-state index contributed by atoms with van der Waals surface area (Å²) in [6, 6.07) is 12.5. The molecular weight excluding hydrogens is 1250 g/mol. The number of carbonyl (C=O) groups is 10. The van der Waals surface area contributed by atoms with Crippen LogP contribution < -0.4 is 36.4 Å². The van der Waals surface area contributed by atoms with Gasteiger partial charge in [-0.3, -0.25) is 29.3 Å². The summed E-state index contributed by atoms with van der Waals surface area (Å²) in [5, 5.41) is 16.9. The molecule has 5 aliphatic rings. The number of carbonyl (C=O) groups excluding carboxylic acids is 9. The van der Waals surface area contributed by atoms with Crippen molar-refractivity contribution in [3.63, 3.8) is 0 Å². The van der Waals surface area contributed by atoms with Crippen LogP contribution in [0, 0.1) is 0 Å². The third kappa shape index (κ3) is 24.6. The molecule has 4 saturated heterocycles. The zero-order chi connectivity index (χ0) is 64.7. The molecule has 89 heavy (non-hydrogen) atoms. The lowest BCUT2D eigenvalue weighted by Crippen LogP contribution is -2.50. The number of piperazine rings is 3. The number of aromatic carboxylic acids is 1. The zero-order valence-electron chi connectivity index (χ0n) is 51.2. The molecule has 0 bridgehead atoms. The summed E-state index contributed by atoms with van der Waals surface area (Å²) in [6.45, 7) is 19.8. The van der Waals surface area contributed by atoms with Crippen molar-refractivity contribution >= 4 is 105 Å². The topological polar surface area (TPSA) is 358 Å². The van der Waals surface area contributed by atoms with E-state index in [1.165, 1.54) is 20.3 Å². The van der Waals surface area contributed by atoms with Crippen LogP contribution in [0.15, 0.2) is 77.8 Å². The highest BCUT2D eigenvalue weighted by Crippen LogP contribution is 2.21. The molecule has 1 saturated carbocycles. The predicted octanol–water partition coefficient (Wildman–Crippen LogP) is 4.48. The molecule has 2 atom stereocenters. The summed E-state index contributed by atoms with van der Waals surface area (Å²) in [5.41, 5.74) is 7.97. The molecule has 0 radical (unpaired) electrons. The number of hydrogen-bond acceptors (Lipinski definition) is 23. The number of ketones is 2. The molecule has 4 aromatic rings. The quantitative estimate of drug-likeness (QED) is 0.0702. The number of nitrogens with one attached hydrogen (secondary N) is 3. The second-order valence-electron chi connectivity index (χ2n) is 22.3. The molecule has 9 rings (SSSR count). The fourth-order valence-corrected chi connectivity index (χ4v) is 8.88. The zero-order valence-corrected chi connectivity index (χ0v) is 53.6. The minimum Gasteiger partial charge on any atom is -0.477 e. The summed E-state index contributed by atoms with van der Waals surface area (Å²) in [5.74, 6) is -3.13. The maximum absolute atomic E-state index is 12.2. The molecule has 2 unspecified atom stereocenters. The van der Waals surface area contributed by atoms with Gasteiger partial charge in [0.05, 0.1) is 68.4 Å². The largest absolute Gasteiger partial charge is 0.477 e. The molecule has 0 spiro atoms. The van der Waals surface area contributed by atoms with Gasteiger partial charge in [0.2, 0.25) is 11.8 Å². The minimum absolute atomic E-state index is 0. The predicted molar refractivity (Wildman–Crippen MR) is 332 cm³/mol. The first kappa shape index (κ1) is 73.1. The molecule has 5 fully saturated rings. The van der Waals surface area contributed by atoms with E-state index in [2.05, 4.69) is 76.0 Å². The number of aromatic nitrogens is 4. The molecule has 28 nitrogen and oxygen atoms in total. The van der Waals surface area contributed by atoms with Crippen LogP contribution in [0.4, 0.5) is 26.7 Å². The smallest absolute Gasteiger partial charge is 0.410 e. The Kier molecular flexibility index (Phi) is 28.7. The number of rotatable bonds is 8. The van der Waals surface area contributed by atoms with E-state index in [9.17, 15) is 47.9 Å². The summed E-state index contributed by atoms with van der Waals surface area (Å²) in [4.78, 5) is 139. The maximum Gasteiger partial charge on any atom is 0.410 e. The van der Waals surface area contributed by atoms with E-state index in [1.807, 2.05) is 53.7 Å². The van der Waals surface area contributed by atoms with Crippen molar-refractivity contribution in [3.05, 3.63) is 101 Å². The van der Waals surface area contributed by atoms with E-state index in [1.54, 1.807) is 64.9 Å². The third-order valence-electron chi connectivity index (χ3n) is 13.3. The number of nitrogens with zero attached hydrogens (tertiary/aromatic N) is 9. The summed E-state index contributed by atoms with van der Waals surface area (Å²) in [6.07, 6.45) is 7.33. The number of nitrogens with two attached hydrogens (primary N) is 1. The number of amides is 5. The van der Waals surface area contributed by atoms with E-state index in [4.69, 9.17) is 20.3 Å². The second-order valence-corrected chi connectivity index (χ2v) is 23.2. The third-order valence-corrected chi connectivity index (χ3v) is 13.8. The van der Waals surface area contributed by atoms with Crippen molar-refractivity contribution < 1.29 is 72.0 Å². The first-order chi connectivity index (χ1) is 41.6. The SMILES string of the molecule is CC(C)(C)OC(=O)N1CCN(c2ccc(C(=O)O)nc2)CC1.COC(=O)c1ccc(Br)cn1.COC(=O)c1ccc(N2CCN(C(=O)OC(C)(C)C)CC2)cn1.Cl.NC1CCC(=O)NC1=O.O=C1CCC(NC(=O)c2ccc(N3CCNCC3)cn2)C(=O)C1. The van der Waals surface area contributed by atoms with Crippen LogP contribution in [-0.2, 0) is 38.1 Å². The van der Waals surface area contributed by atoms with E-state index < -0.39 is 41.2 Å². The van der Waals surface area contributed by atoms with Crippen LogP contribution in [0.5, 0.6) is 0 Å². The monoisotopic (exact) mass is 1320 g/mol. The van der Waals surface area contributed by atoms with Gasteiger partial charge < -0.3 is 64.9 Å². The fraction of sp³-hybridized carbons (Fsp3) is 0.492. The lowest BCUT2D eigenvalue weighted by Gasteiger charge is -2.36. The Morgan fingerprint density at radius 2 is 1.02 bits per heavy atom. The van der Waals surface area contributed by atoms with Crippen LogP contribution >= 0.6 is 28.3 Å². The first-order valence-corrected chi connectivity index (χ1v) is 29.2. The number of Topliss-reactive ketones (excluding diaryl/α,β-unsaturated/α-hetero) is 2. The summed E-state index contributed by atoms with van der Waals surface area (Å²) >= 11 is 3.20. The Morgan fingerprint density at radius 1 is 0.596 bits per heavy atom. The van der Waals surface area contributed by atoms with Gasteiger partial charge in [0.15, 0.2) is 5.78 Å². The highest BCUT2D eigenvalue weighted by atomic mass is 79.9. The molecule has 0 aromatic carbocycles. The van der Waals surface area contributed by atoms with Gasteiger partial charge in [-0.15, -0.1) is 12.4 Å². The van der Waals surface area contributed by atoms with E-state index in [0.717, 1.165) is 47.7 Å². The first-order valence-electron chi connectivity index (χ1n) is 28.4. The maximum atomic E-state index is 12.2. The highest BCUT2D eigenvalue weighted by Gasteiger charge is 2.31. The number of methoxy groups -OCH3 is 2. The molecular formula is C59H79BrClN13O15. The Labute approximate surface area is 530 Å². The number of pyridine rings is 4. The lowest BCUT2D eigenvalue weighted by molar-refractivity contribution is -0.134. The molecule has 30 heteroatoms. The Morgan fingerprint density at radius 3 is 1.39 bits per heavy atom. The lowest BCUT2D eigenvalue weighted by atomic mass is 9.93. The Balaban J connectivity index is 0.000000246. The highest BCUT2D eigenvalue weighted by molar-refractivity contribution is 9.10. The standard InChI is InChI=1S/C16H20N4O3.C16H23N3O4.C15H21N3O4.C7H6BrNO2.C5H8N2O2.ClH/c21-12-2-4-13(15(22)9-12)19-16(23)14-3-1-11(10-18-14)20-7-5-17-6-8-20;1-16(2,3)23-15(21)19-9-7-18(8-10-19)12-5-6-13(17-11-12)14(20)22-4;1-15(2,3)22-14(21)18-8-6-17(7-9-18)11-4-5-12(13(19)20)16-10-11;1-11-7(10)6-3-2-5(8)4-9-6;6-3-1-2-4(8)7-5(3)9;/h1,3,10,13,17H,2,4-9H2,(H,19,23);5-6,11H,7-10H2,1-4H3;4-5,10H,6-9H2,1-3H3,(H,19,20);2-4H,1H3;3H,1-2,6H2,(H,7,8,9);1H. The number of anilines is 3.